The highest BCUT2D eigenvalue weighted by atomic mass is 16.6. The van der Waals surface area contributed by atoms with Crippen molar-refractivity contribution in [2.75, 3.05) is 0 Å². The van der Waals surface area contributed by atoms with Gasteiger partial charge in [0.15, 0.2) is 0 Å². The van der Waals surface area contributed by atoms with Crippen LogP contribution in [0.4, 0.5) is 4.79 Å². The summed E-state index contributed by atoms with van der Waals surface area (Å²) in [4.78, 5) is 24.5. The molecule has 2 atom stereocenters. The van der Waals surface area contributed by atoms with E-state index in [-0.39, 0.29) is 12.0 Å². The maximum atomic E-state index is 12.4. The lowest BCUT2D eigenvalue weighted by Gasteiger charge is -2.40. The molecule has 2 aliphatic rings. The second-order valence-corrected chi connectivity index (χ2v) is 8.15. The van der Waals surface area contributed by atoms with Crippen LogP contribution in [-0.2, 0) is 9.53 Å². The topological polar surface area (TPSA) is 55.4 Å². The Morgan fingerprint density at radius 3 is 2.50 bits per heavy atom. The summed E-state index contributed by atoms with van der Waals surface area (Å²) in [5.41, 5.74) is -0.146. The zero-order chi connectivity index (χ0) is 16.4. The maximum absolute atomic E-state index is 12.4. The fraction of sp³-hybridized carbons (Fsp3) is 0.889. The van der Waals surface area contributed by atoms with Crippen LogP contribution in [0.2, 0.25) is 0 Å². The predicted molar refractivity (Wildman–Crippen MR) is 86.7 cm³/mol. The van der Waals surface area contributed by atoms with Gasteiger partial charge in [0.1, 0.15) is 11.4 Å². The number of ether oxygens (including phenoxy) is 1. The Bertz CT molecular complexity index is 419. The van der Waals surface area contributed by atoms with Gasteiger partial charge in [-0.25, -0.2) is 4.79 Å². The van der Waals surface area contributed by atoms with E-state index in [1.807, 2.05) is 27.7 Å². The molecule has 0 aromatic rings. The van der Waals surface area contributed by atoms with Crippen molar-refractivity contribution in [3.05, 3.63) is 0 Å². The fourth-order valence-electron chi connectivity index (χ4n) is 4.15. The van der Waals surface area contributed by atoms with Crippen LogP contribution in [0.1, 0.15) is 79.1 Å². The van der Waals surface area contributed by atoms with E-state index in [0.717, 1.165) is 19.3 Å². The molecule has 0 bridgehead atoms. The summed E-state index contributed by atoms with van der Waals surface area (Å²) in [7, 11) is 0. The van der Waals surface area contributed by atoms with Crippen molar-refractivity contribution in [1.29, 1.82) is 0 Å². The third-order valence-corrected chi connectivity index (χ3v) is 5.26. The molecule has 2 aliphatic carbocycles. The molecule has 22 heavy (non-hydrogen) atoms. The van der Waals surface area contributed by atoms with Crippen molar-refractivity contribution in [2.24, 2.45) is 11.3 Å². The molecule has 2 rings (SSSR count). The summed E-state index contributed by atoms with van der Waals surface area (Å²) >= 11 is 0. The first-order valence-corrected chi connectivity index (χ1v) is 8.77. The lowest BCUT2D eigenvalue weighted by Crippen LogP contribution is -2.48. The Kier molecular flexibility index (Phi) is 5.18. The first-order chi connectivity index (χ1) is 10.2. The number of carbonyl (C=O) groups excluding carboxylic acids is 2. The Morgan fingerprint density at radius 1 is 1.32 bits per heavy atom. The molecule has 0 heterocycles. The minimum Gasteiger partial charge on any atom is -0.444 e. The maximum Gasteiger partial charge on any atom is 0.407 e. The van der Waals surface area contributed by atoms with E-state index < -0.39 is 11.7 Å². The van der Waals surface area contributed by atoms with Crippen LogP contribution >= 0.6 is 0 Å². The molecule has 0 aliphatic heterocycles. The molecular weight excluding hydrogens is 278 g/mol. The highest BCUT2D eigenvalue weighted by Crippen LogP contribution is 2.50. The van der Waals surface area contributed by atoms with Gasteiger partial charge in [-0.05, 0) is 58.3 Å². The summed E-state index contributed by atoms with van der Waals surface area (Å²) in [6.07, 6.45) is 8.11. The smallest absolute Gasteiger partial charge is 0.407 e. The molecule has 1 amide bonds. The van der Waals surface area contributed by atoms with Crippen LogP contribution in [0, 0.1) is 11.3 Å². The standard InChI is InChI=1S/C18H31NO3/c1-5-14(19-16(21)22-17(2,3)4)13-12-18(9-6-7-10-18)11-8-15(13)20/h13-14H,5-12H2,1-4H3,(H,19,21). The average Bonchev–Trinajstić information content (AvgIpc) is 2.86. The molecule has 0 aromatic heterocycles. The molecular formula is C18H31NO3. The zero-order valence-electron chi connectivity index (χ0n) is 14.5. The van der Waals surface area contributed by atoms with Crippen molar-refractivity contribution >= 4 is 11.9 Å². The van der Waals surface area contributed by atoms with Crippen LogP contribution in [-0.4, -0.2) is 23.5 Å². The highest BCUT2D eigenvalue weighted by Gasteiger charge is 2.44. The van der Waals surface area contributed by atoms with Crippen molar-refractivity contribution in [3.63, 3.8) is 0 Å². The number of alkyl carbamates (subject to hydrolysis) is 1. The molecule has 1 N–H and O–H groups in total. The second-order valence-electron chi connectivity index (χ2n) is 8.15. The number of ketones is 1. The normalized spacial score (nSPS) is 26.0. The van der Waals surface area contributed by atoms with Crippen molar-refractivity contribution in [3.8, 4) is 0 Å². The van der Waals surface area contributed by atoms with E-state index in [9.17, 15) is 9.59 Å². The Labute approximate surface area is 134 Å². The van der Waals surface area contributed by atoms with Gasteiger partial charge in [-0.3, -0.25) is 4.79 Å². The number of nitrogens with one attached hydrogen (secondary N) is 1. The van der Waals surface area contributed by atoms with E-state index >= 15 is 0 Å². The van der Waals surface area contributed by atoms with E-state index in [1.54, 1.807) is 0 Å². The minimum atomic E-state index is -0.508. The number of hydrogen-bond acceptors (Lipinski definition) is 3. The van der Waals surface area contributed by atoms with Gasteiger partial charge >= 0.3 is 6.09 Å². The molecule has 2 fully saturated rings. The quantitative estimate of drug-likeness (QED) is 0.849. The van der Waals surface area contributed by atoms with E-state index in [0.29, 0.717) is 17.6 Å². The van der Waals surface area contributed by atoms with E-state index in [1.165, 1.54) is 25.7 Å². The van der Waals surface area contributed by atoms with Gasteiger partial charge < -0.3 is 10.1 Å². The van der Waals surface area contributed by atoms with E-state index in [4.69, 9.17) is 4.74 Å². The van der Waals surface area contributed by atoms with Gasteiger partial charge in [-0.1, -0.05) is 19.8 Å². The summed E-state index contributed by atoms with van der Waals surface area (Å²) in [6.45, 7) is 7.59. The summed E-state index contributed by atoms with van der Waals surface area (Å²) < 4.78 is 5.35. The monoisotopic (exact) mass is 309 g/mol. The number of amides is 1. The highest BCUT2D eigenvalue weighted by molar-refractivity contribution is 5.83. The Morgan fingerprint density at radius 2 is 1.95 bits per heavy atom. The van der Waals surface area contributed by atoms with Gasteiger partial charge in [0.25, 0.3) is 0 Å². The Hall–Kier alpha value is -1.06. The number of carbonyl (C=O) groups is 2. The van der Waals surface area contributed by atoms with Crippen LogP contribution in [0.25, 0.3) is 0 Å². The first kappa shape index (κ1) is 17.3. The molecule has 126 valence electrons. The molecule has 1 spiro atoms. The molecule has 2 unspecified atom stereocenters. The molecule has 4 nitrogen and oxygen atoms in total. The van der Waals surface area contributed by atoms with Crippen LogP contribution in [0.15, 0.2) is 0 Å². The van der Waals surface area contributed by atoms with Crippen LogP contribution in [0.3, 0.4) is 0 Å². The summed E-state index contributed by atoms with van der Waals surface area (Å²) in [5.74, 6) is 0.282. The van der Waals surface area contributed by atoms with Crippen LogP contribution in [0.5, 0.6) is 0 Å². The molecule has 0 aromatic carbocycles. The van der Waals surface area contributed by atoms with Crippen molar-refractivity contribution in [1.82, 2.24) is 5.32 Å². The molecule has 4 heteroatoms. The molecule has 0 radical (unpaired) electrons. The number of rotatable bonds is 3. The number of hydrogen-bond donors (Lipinski definition) is 1. The third-order valence-electron chi connectivity index (χ3n) is 5.26. The SMILES string of the molecule is CCC(NC(=O)OC(C)(C)C)C1CC2(CCCC2)CCC1=O. The predicted octanol–water partition coefficient (Wildman–Crippen LogP) is 4.22. The number of Topliss-reactive ketones (excluding diaryl/α,β-unsaturated/α-hetero) is 1. The van der Waals surface area contributed by atoms with Gasteiger partial charge in [0, 0.05) is 18.4 Å². The molecule has 0 saturated heterocycles. The first-order valence-electron chi connectivity index (χ1n) is 8.77. The third kappa shape index (κ3) is 4.23. The zero-order valence-corrected chi connectivity index (χ0v) is 14.5. The fourth-order valence-corrected chi connectivity index (χ4v) is 4.15. The van der Waals surface area contributed by atoms with Gasteiger partial charge in [0.05, 0.1) is 0 Å². The molecule has 2 saturated carbocycles. The van der Waals surface area contributed by atoms with Gasteiger partial charge in [0.2, 0.25) is 0 Å². The van der Waals surface area contributed by atoms with E-state index in [2.05, 4.69) is 5.32 Å². The lowest BCUT2D eigenvalue weighted by molar-refractivity contribution is -0.128. The van der Waals surface area contributed by atoms with Gasteiger partial charge in [-0.15, -0.1) is 0 Å². The lowest BCUT2D eigenvalue weighted by atomic mass is 9.66. The minimum absolute atomic E-state index is 0.0376. The Balaban J connectivity index is 2.01. The second kappa shape index (κ2) is 6.59. The van der Waals surface area contributed by atoms with Gasteiger partial charge in [-0.2, -0.15) is 0 Å². The summed E-state index contributed by atoms with van der Waals surface area (Å²) in [6, 6.07) is -0.0971. The average molecular weight is 309 g/mol. The largest absolute Gasteiger partial charge is 0.444 e. The summed E-state index contributed by atoms with van der Waals surface area (Å²) in [5, 5.41) is 2.95. The van der Waals surface area contributed by atoms with Crippen LogP contribution < -0.4 is 5.32 Å². The van der Waals surface area contributed by atoms with Crippen molar-refractivity contribution in [2.45, 2.75) is 90.7 Å². The van der Waals surface area contributed by atoms with Crippen molar-refractivity contribution < 1.29 is 14.3 Å².